The van der Waals surface area contributed by atoms with Crippen molar-refractivity contribution >= 4 is 5.91 Å². The van der Waals surface area contributed by atoms with Crippen molar-refractivity contribution in [3.05, 3.63) is 60.5 Å². The Hall–Kier alpha value is -2.53. The van der Waals surface area contributed by atoms with E-state index in [1.807, 2.05) is 48.5 Å². The van der Waals surface area contributed by atoms with Crippen LogP contribution in [-0.4, -0.2) is 30.5 Å². The van der Waals surface area contributed by atoms with E-state index in [2.05, 4.69) is 11.3 Å². The molecule has 0 saturated carbocycles. The number of benzene rings is 2. The van der Waals surface area contributed by atoms with Gasteiger partial charge in [-0.3, -0.25) is 9.69 Å². The lowest BCUT2D eigenvalue weighted by atomic mass is 10.0. The highest BCUT2D eigenvalue weighted by atomic mass is 16.5. The van der Waals surface area contributed by atoms with Crippen LogP contribution in [0.25, 0.3) is 0 Å². The lowest BCUT2D eigenvalue weighted by molar-refractivity contribution is -0.124. The van der Waals surface area contributed by atoms with Crippen LogP contribution >= 0.6 is 0 Å². The predicted octanol–water partition coefficient (Wildman–Crippen LogP) is 3.14. The molecule has 131 valence electrons. The Morgan fingerprint density at radius 1 is 1.20 bits per heavy atom. The molecule has 0 spiro atoms. The lowest BCUT2D eigenvalue weighted by Crippen LogP contribution is -2.47. The molecule has 1 atom stereocenters. The average Bonchev–Trinajstić information content (AvgIpc) is 2.63. The Kier molecular flexibility index (Phi) is 5.56. The molecule has 1 saturated heterocycles. The molecule has 1 radical (unpaired) electrons. The summed E-state index contributed by atoms with van der Waals surface area (Å²) in [5.74, 6) is 1.83. The van der Waals surface area contributed by atoms with E-state index in [0.717, 1.165) is 24.3 Å². The molecule has 1 fully saturated rings. The van der Waals surface area contributed by atoms with Crippen LogP contribution in [0.2, 0.25) is 0 Å². The van der Waals surface area contributed by atoms with Gasteiger partial charge in [0.15, 0.2) is 11.5 Å². The molecule has 0 bridgehead atoms. The van der Waals surface area contributed by atoms with E-state index in [1.165, 1.54) is 0 Å². The van der Waals surface area contributed by atoms with Crippen molar-refractivity contribution in [1.82, 2.24) is 4.90 Å². The normalized spacial score (nSPS) is 17.9. The molecule has 1 amide bonds. The molecule has 1 aliphatic heterocycles. The number of carbonyl (C=O) groups is 1. The second-order valence-corrected chi connectivity index (χ2v) is 6.10. The number of primary amides is 1. The first-order valence-electron chi connectivity index (χ1n) is 8.42. The van der Waals surface area contributed by atoms with Crippen LogP contribution in [0.5, 0.6) is 17.2 Å². The summed E-state index contributed by atoms with van der Waals surface area (Å²) in [4.78, 5) is 13.8. The van der Waals surface area contributed by atoms with Crippen LogP contribution < -0.4 is 15.2 Å². The maximum atomic E-state index is 11.7. The van der Waals surface area contributed by atoms with Crippen molar-refractivity contribution < 1.29 is 14.3 Å². The van der Waals surface area contributed by atoms with Gasteiger partial charge in [0.05, 0.1) is 13.2 Å². The predicted molar refractivity (Wildman–Crippen MR) is 96.4 cm³/mol. The number of ether oxygens (including phenoxy) is 2. The number of para-hydroxylation sites is 2. The summed E-state index contributed by atoms with van der Waals surface area (Å²) in [7, 11) is 1.62. The third-order valence-electron chi connectivity index (χ3n) is 4.36. The first-order chi connectivity index (χ1) is 12.2. The average molecular weight is 339 g/mol. The number of amides is 1. The van der Waals surface area contributed by atoms with Crippen LogP contribution in [-0.2, 0) is 11.3 Å². The van der Waals surface area contributed by atoms with Gasteiger partial charge in [0.2, 0.25) is 5.91 Å². The highest BCUT2D eigenvalue weighted by molar-refractivity contribution is 5.80. The molecular weight excluding hydrogens is 316 g/mol. The molecule has 2 aromatic carbocycles. The summed E-state index contributed by atoms with van der Waals surface area (Å²) < 4.78 is 11.3. The number of piperidine rings is 1. The van der Waals surface area contributed by atoms with E-state index in [-0.39, 0.29) is 11.9 Å². The molecule has 2 aromatic rings. The fourth-order valence-electron chi connectivity index (χ4n) is 3.10. The van der Waals surface area contributed by atoms with E-state index in [4.69, 9.17) is 15.2 Å². The van der Waals surface area contributed by atoms with Crippen LogP contribution in [0.4, 0.5) is 0 Å². The molecule has 1 heterocycles. The van der Waals surface area contributed by atoms with Gasteiger partial charge in [-0.15, -0.1) is 0 Å². The zero-order chi connectivity index (χ0) is 17.6. The summed E-state index contributed by atoms with van der Waals surface area (Å²) in [5, 5.41) is 0. The highest BCUT2D eigenvalue weighted by Crippen LogP contribution is 2.31. The maximum absolute atomic E-state index is 11.7. The number of carbonyl (C=O) groups excluding carboxylic acids is 1. The maximum Gasteiger partial charge on any atom is 0.234 e. The summed E-state index contributed by atoms with van der Waals surface area (Å²) in [6.07, 6.45) is 3.82. The van der Waals surface area contributed by atoms with E-state index in [9.17, 15) is 4.79 Å². The zero-order valence-corrected chi connectivity index (χ0v) is 14.4. The SMILES string of the molecule is COc1ccccc1Oc1cccc(CN2CC[CH]CC2C(N)=O)c1. The second kappa shape index (κ2) is 8.03. The molecule has 25 heavy (non-hydrogen) atoms. The minimum Gasteiger partial charge on any atom is -0.493 e. The Morgan fingerprint density at radius 2 is 2.00 bits per heavy atom. The van der Waals surface area contributed by atoms with Gasteiger partial charge in [-0.05, 0) is 55.6 Å². The summed E-state index contributed by atoms with van der Waals surface area (Å²) in [6.45, 7) is 1.51. The van der Waals surface area contributed by atoms with Crippen LogP contribution in [0.15, 0.2) is 48.5 Å². The molecule has 5 nitrogen and oxygen atoms in total. The third kappa shape index (κ3) is 4.31. The van der Waals surface area contributed by atoms with Gasteiger partial charge < -0.3 is 15.2 Å². The van der Waals surface area contributed by atoms with Crippen molar-refractivity contribution in [1.29, 1.82) is 0 Å². The van der Waals surface area contributed by atoms with E-state index < -0.39 is 0 Å². The molecular formula is C20H23N2O3. The quantitative estimate of drug-likeness (QED) is 0.878. The fraction of sp³-hybridized carbons (Fsp3) is 0.300. The minimum atomic E-state index is -0.266. The third-order valence-corrected chi connectivity index (χ3v) is 4.36. The number of nitrogens with zero attached hydrogens (tertiary/aromatic N) is 1. The van der Waals surface area contributed by atoms with Crippen molar-refractivity contribution in [2.75, 3.05) is 13.7 Å². The van der Waals surface area contributed by atoms with Gasteiger partial charge in [-0.1, -0.05) is 24.3 Å². The van der Waals surface area contributed by atoms with E-state index >= 15 is 0 Å². The van der Waals surface area contributed by atoms with Crippen molar-refractivity contribution in [3.63, 3.8) is 0 Å². The standard InChI is InChI=1S/C20H23N2O3/c1-24-18-10-2-3-11-19(18)25-16-8-6-7-15(13-16)14-22-12-5-4-9-17(22)20(21)23/h2-4,6-8,10-11,13,17H,5,9,12,14H2,1H3,(H2,21,23). The van der Waals surface area contributed by atoms with Gasteiger partial charge in [-0.2, -0.15) is 0 Å². The van der Waals surface area contributed by atoms with Crippen LogP contribution in [0, 0.1) is 6.42 Å². The Morgan fingerprint density at radius 3 is 2.76 bits per heavy atom. The number of likely N-dealkylation sites (tertiary alicyclic amines) is 1. The van der Waals surface area contributed by atoms with Crippen molar-refractivity contribution in [3.8, 4) is 17.2 Å². The van der Waals surface area contributed by atoms with Crippen LogP contribution in [0.1, 0.15) is 18.4 Å². The Bertz CT molecular complexity index is 732. The summed E-state index contributed by atoms with van der Waals surface area (Å²) in [5.41, 5.74) is 6.62. The largest absolute Gasteiger partial charge is 0.493 e. The van der Waals surface area contributed by atoms with Crippen molar-refractivity contribution in [2.24, 2.45) is 5.73 Å². The van der Waals surface area contributed by atoms with E-state index in [0.29, 0.717) is 24.5 Å². The molecule has 5 heteroatoms. The smallest absolute Gasteiger partial charge is 0.234 e. The van der Waals surface area contributed by atoms with Gasteiger partial charge in [0.1, 0.15) is 5.75 Å². The molecule has 3 rings (SSSR count). The molecule has 1 aliphatic rings. The second-order valence-electron chi connectivity index (χ2n) is 6.10. The highest BCUT2D eigenvalue weighted by Gasteiger charge is 2.26. The number of methoxy groups -OCH3 is 1. The number of hydrogen-bond acceptors (Lipinski definition) is 4. The number of nitrogens with two attached hydrogens (primary N) is 1. The minimum absolute atomic E-state index is 0.229. The van der Waals surface area contributed by atoms with Gasteiger partial charge in [0.25, 0.3) is 0 Å². The Labute approximate surface area is 148 Å². The summed E-state index contributed by atoms with van der Waals surface area (Å²) >= 11 is 0. The first-order valence-corrected chi connectivity index (χ1v) is 8.42. The number of hydrogen-bond donors (Lipinski definition) is 1. The van der Waals surface area contributed by atoms with Crippen molar-refractivity contribution in [2.45, 2.75) is 25.4 Å². The molecule has 2 N–H and O–H groups in total. The van der Waals surface area contributed by atoms with Gasteiger partial charge in [0, 0.05) is 6.54 Å². The fourth-order valence-corrected chi connectivity index (χ4v) is 3.10. The summed E-state index contributed by atoms with van der Waals surface area (Å²) in [6, 6.07) is 15.2. The molecule has 0 aliphatic carbocycles. The zero-order valence-electron chi connectivity index (χ0n) is 14.4. The topological polar surface area (TPSA) is 64.8 Å². The monoisotopic (exact) mass is 339 g/mol. The Balaban J connectivity index is 1.74. The van der Waals surface area contributed by atoms with Gasteiger partial charge >= 0.3 is 0 Å². The molecule has 0 aromatic heterocycles. The number of rotatable bonds is 6. The van der Waals surface area contributed by atoms with Crippen LogP contribution in [0.3, 0.4) is 0 Å². The lowest BCUT2D eigenvalue weighted by Gasteiger charge is -2.33. The van der Waals surface area contributed by atoms with E-state index in [1.54, 1.807) is 7.11 Å². The molecule has 1 unspecified atom stereocenters. The van der Waals surface area contributed by atoms with Gasteiger partial charge in [-0.25, -0.2) is 0 Å². The first kappa shape index (κ1) is 17.3.